The average Bonchev–Trinajstić information content (AvgIpc) is 2.61. The zero-order valence-corrected chi connectivity index (χ0v) is 15.2. The van der Waals surface area contributed by atoms with Crippen molar-refractivity contribution in [3.63, 3.8) is 0 Å². The van der Waals surface area contributed by atoms with Gasteiger partial charge in [-0.25, -0.2) is 4.98 Å². The van der Waals surface area contributed by atoms with Gasteiger partial charge < -0.3 is 14.4 Å². The maximum atomic E-state index is 12.6. The molecule has 0 spiro atoms. The molecule has 0 bridgehead atoms. The van der Waals surface area contributed by atoms with Crippen LogP contribution in [-0.2, 0) is 6.18 Å². The molecule has 0 aliphatic heterocycles. The van der Waals surface area contributed by atoms with E-state index in [1.807, 2.05) is 32.3 Å². The van der Waals surface area contributed by atoms with Crippen molar-refractivity contribution in [2.24, 2.45) is 0 Å². The molecule has 0 saturated carbocycles. The first-order valence-corrected chi connectivity index (χ1v) is 8.11. The molecule has 2 aromatic rings. The Hall–Kier alpha value is -2.48. The van der Waals surface area contributed by atoms with Gasteiger partial charge in [0.25, 0.3) is 5.82 Å². The Morgan fingerprint density at radius 2 is 1.77 bits per heavy atom. The van der Waals surface area contributed by atoms with Crippen LogP contribution in [0.15, 0.2) is 36.5 Å². The third-order valence-corrected chi connectivity index (χ3v) is 4.14. The first kappa shape index (κ1) is 19.8. The number of aromatic nitrogens is 1. The number of H-pyrrole nitrogens is 1. The van der Waals surface area contributed by atoms with E-state index >= 15 is 0 Å². The lowest BCUT2D eigenvalue weighted by molar-refractivity contribution is -0.890. The number of anilines is 1. The highest BCUT2D eigenvalue weighted by atomic mass is 19.4. The van der Waals surface area contributed by atoms with E-state index in [0.717, 1.165) is 22.7 Å². The Morgan fingerprint density at radius 3 is 2.27 bits per heavy atom. The first-order chi connectivity index (χ1) is 12.3. The van der Waals surface area contributed by atoms with Crippen molar-refractivity contribution in [3.05, 3.63) is 47.7 Å². The summed E-state index contributed by atoms with van der Waals surface area (Å²) in [6, 6.07) is 8.21. The number of pyridine rings is 1. The molecule has 0 radical (unpaired) electrons. The summed E-state index contributed by atoms with van der Waals surface area (Å²) in [5, 5.41) is 3.15. The van der Waals surface area contributed by atoms with Crippen LogP contribution in [0.1, 0.15) is 17.2 Å². The third-order valence-electron chi connectivity index (χ3n) is 4.14. The molecule has 0 aliphatic carbocycles. The van der Waals surface area contributed by atoms with Crippen LogP contribution in [0.2, 0.25) is 0 Å². The van der Waals surface area contributed by atoms with Gasteiger partial charge in [0, 0.05) is 11.6 Å². The van der Waals surface area contributed by atoms with Gasteiger partial charge in [0.05, 0.1) is 33.9 Å². The van der Waals surface area contributed by atoms with Gasteiger partial charge in [-0.2, -0.15) is 13.2 Å². The van der Waals surface area contributed by atoms with E-state index in [-0.39, 0.29) is 6.04 Å². The topological polar surface area (TPSA) is 49.1 Å². The summed E-state index contributed by atoms with van der Waals surface area (Å²) in [5.41, 5.74) is 0.319. The Labute approximate surface area is 150 Å². The van der Waals surface area contributed by atoms with Gasteiger partial charge in [0.1, 0.15) is 12.7 Å². The number of rotatable bonds is 7. The van der Waals surface area contributed by atoms with Gasteiger partial charge >= 0.3 is 6.18 Å². The van der Waals surface area contributed by atoms with Gasteiger partial charge in [-0.3, -0.25) is 5.32 Å². The molecular weight excluding hydrogens is 347 g/mol. The summed E-state index contributed by atoms with van der Waals surface area (Å²) < 4.78 is 48.5. The minimum Gasteiger partial charge on any atom is -0.493 e. The lowest BCUT2D eigenvalue weighted by Gasteiger charge is -2.21. The van der Waals surface area contributed by atoms with E-state index in [1.54, 1.807) is 14.2 Å². The molecule has 3 N–H and O–H groups in total. The highest BCUT2D eigenvalue weighted by Crippen LogP contribution is 2.30. The number of halogens is 3. The number of ether oxygens (including phenoxy) is 2. The minimum atomic E-state index is -4.36. The van der Waals surface area contributed by atoms with Gasteiger partial charge in [-0.1, -0.05) is 0 Å². The van der Waals surface area contributed by atoms with Gasteiger partial charge in [-0.15, -0.1) is 0 Å². The second-order valence-corrected chi connectivity index (χ2v) is 6.11. The van der Waals surface area contributed by atoms with Crippen molar-refractivity contribution in [3.8, 4) is 11.5 Å². The summed E-state index contributed by atoms with van der Waals surface area (Å²) in [6.45, 7) is 0.527. The van der Waals surface area contributed by atoms with Gasteiger partial charge in [-0.05, 0) is 24.3 Å². The van der Waals surface area contributed by atoms with E-state index in [9.17, 15) is 13.2 Å². The normalized spacial score (nSPS) is 12.8. The number of benzene rings is 1. The van der Waals surface area contributed by atoms with Crippen molar-refractivity contribution in [2.75, 3.05) is 40.2 Å². The Bertz CT molecular complexity index is 719. The van der Waals surface area contributed by atoms with Crippen LogP contribution in [0.5, 0.6) is 11.5 Å². The zero-order chi connectivity index (χ0) is 19.3. The molecule has 1 aromatic carbocycles. The van der Waals surface area contributed by atoms with E-state index in [1.165, 1.54) is 6.07 Å². The summed E-state index contributed by atoms with van der Waals surface area (Å²) >= 11 is 0. The lowest BCUT2D eigenvalue weighted by atomic mass is 10.0. The number of hydrogen-bond acceptors (Lipinski definition) is 3. The fraction of sp³-hybridized carbons (Fsp3) is 0.389. The van der Waals surface area contributed by atoms with Gasteiger partial charge in [0.2, 0.25) is 0 Å². The van der Waals surface area contributed by atoms with Gasteiger partial charge in [0.15, 0.2) is 17.5 Å². The van der Waals surface area contributed by atoms with Crippen molar-refractivity contribution in [1.29, 1.82) is 0 Å². The van der Waals surface area contributed by atoms with Crippen LogP contribution in [0.3, 0.4) is 0 Å². The quantitative estimate of drug-likeness (QED) is 0.781. The van der Waals surface area contributed by atoms with Crippen molar-refractivity contribution >= 4 is 5.82 Å². The molecule has 5 nitrogen and oxygen atoms in total. The minimum absolute atomic E-state index is 0.0606. The SMILES string of the molecule is COc1ccc([C@H](CNc2ccc(C(F)(F)F)c[nH+]2)[NH+](C)C)cc1OC. The van der Waals surface area contributed by atoms with Crippen molar-refractivity contribution in [1.82, 2.24) is 0 Å². The molecule has 2 rings (SSSR count). The molecule has 1 atom stereocenters. The van der Waals surface area contributed by atoms with E-state index in [0.29, 0.717) is 23.9 Å². The molecule has 8 heteroatoms. The number of hydrogen-bond donors (Lipinski definition) is 2. The van der Waals surface area contributed by atoms with Crippen LogP contribution in [0.4, 0.5) is 19.0 Å². The molecule has 26 heavy (non-hydrogen) atoms. The molecule has 0 fully saturated rings. The van der Waals surface area contributed by atoms with Crippen LogP contribution < -0.4 is 24.7 Å². The maximum absolute atomic E-state index is 12.6. The van der Waals surface area contributed by atoms with Crippen LogP contribution >= 0.6 is 0 Å². The van der Waals surface area contributed by atoms with Crippen LogP contribution in [0, 0.1) is 0 Å². The van der Waals surface area contributed by atoms with Crippen molar-refractivity contribution < 1.29 is 32.5 Å². The van der Waals surface area contributed by atoms with Crippen molar-refractivity contribution in [2.45, 2.75) is 12.2 Å². The average molecular weight is 371 g/mol. The van der Waals surface area contributed by atoms with E-state index in [4.69, 9.17) is 9.47 Å². The number of quaternary nitrogens is 1. The predicted octanol–water partition coefficient (Wildman–Crippen LogP) is 1.83. The number of methoxy groups -OCH3 is 2. The predicted molar refractivity (Wildman–Crippen MR) is 91.6 cm³/mol. The largest absolute Gasteiger partial charge is 0.493 e. The molecule has 0 unspecified atom stereocenters. The highest BCUT2D eigenvalue weighted by Gasteiger charge is 2.31. The molecule has 1 heterocycles. The standard InChI is InChI=1S/C18H22F3N3O2/c1-24(2)14(12-5-7-15(25-3)16(9-12)26-4)11-23-17-8-6-13(10-22-17)18(19,20)21/h5-10,14H,11H2,1-4H3,(H,22,23)/p+2/t14-/m0/s1. The Kier molecular flexibility index (Phi) is 6.31. The smallest absolute Gasteiger partial charge is 0.419 e. The zero-order valence-electron chi connectivity index (χ0n) is 15.2. The molecular formula is C18H24F3N3O2+2. The first-order valence-electron chi connectivity index (χ1n) is 8.11. The lowest BCUT2D eigenvalue weighted by Crippen LogP contribution is -3.06. The molecule has 1 aromatic heterocycles. The summed E-state index contributed by atoms with van der Waals surface area (Å²) in [4.78, 5) is 3.81. The molecule has 0 aliphatic rings. The Balaban J connectivity index is 2.14. The Morgan fingerprint density at radius 1 is 1.08 bits per heavy atom. The van der Waals surface area contributed by atoms with E-state index in [2.05, 4.69) is 10.3 Å². The number of nitrogens with one attached hydrogen (secondary N) is 3. The van der Waals surface area contributed by atoms with E-state index < -0.39 is 11.7 Å². The number of aromatic amines is 1. The second-order valence-electron chi connectivity index (χ2n) is 6.11. The third kappa shape index (κ3) is 4.78. The fourth-order valence-electron chi connectivity index (χ4n) is 2.65. The molecule has 0 amide bonds. The summed E-state index contributed by atoms with van der Waals surface area (Å²) in [5.74, 6) is 1.80. The summed E-state index contributed by atoms with van der Waals surface area (Å²) in [7, 11) is 7.18. The summed E-state index contributed by atoms with van der Waals surface area (Å²) in [6.07, 6.45) is -3.40. The number of likely N-dealkylation sites (N-methyl/N-ethyl adjacent to an activating group) is 1. The highest BCUT2D eigenvalue weighted by molar-refractivity contribution is 5.44. The fourth-order valence-corrected chi connectivity index (χ4v) is 2.65. The molecule has 142 valence electrons. The number of alkyl halides is 3. The van der Waals surface area contributed by atoms with Crippen LogP contribution in [-0.4, -0.2) is 34.9 Å². The monoisotopic (exact) mass is 371 g/mol. The van der Waals surface area contributed by atoms with Crippen LogP contribution in [0.25, 0.3) is 0 Å². The molecule has 0 saturated heterocycles. The second kappa shape index (κ2) is 8.27. The maximum Gasteiger partial charge on any atom is 0.419 e.